The fraction of sp³-hybridized carbons (Fsp3) is 0. The van der Waals surface area contributed by atoms with E-state index in [9.17, 15) is 4.79 Å². The van der Waals surface area contributed by atoms with Gasteiger partial charge in [0.25, 0.3) is 5.91 Å². The first-order valence-corrected chi connectivity index (χ1v) is 11.1. The Bertz CT molecular complexity index is 1340. The molecule has 31 heavy (non-hydrogen) atoms. The van der Waals surface area contributed by atoms with E-state index in [1.807, 2.05) is 36.4 Å². The van der Waals surface area contributed by atoms with Gasteiger partial charge in [-0.05, 0) is 59.0 Å². The molecule has 1 N–H and O–H groups in total. The summed E-state index contributed by atoms with van der Waals surface area (Å²) in [6.07, 6.45) is 0. The Morgan fingerprint density at radius 1 is 0.742 bits per heavy atom. The highest BCUT2D eigenvalue weighted by atomic mass is 35.5. The average Bonchev–Trinajstić information content (AvgIpc) is 3.24. The standard InChI is InChI=1S/C27H18ClNOS/c28-22-13-10-19(11-14-22)27(30)29-24-16-20(18-6-2-1-3-7-18)12-15-23(24)26-17-21-8-4-5-9-25(21)31-26/h1-17H,(H,29,30). The molecule has 1 amide bonds. The topological polar surface area (TPSA) is 29.1 Å². The lowest BCUT2D eigenvalue weighted by atomic mass is 10.0. The summed E-state index contributed by atoms with van der Waals surface area (Å²) in [5.74, 6) is -0.163. The van der Waals surface area contributed by atoms with Gasteiger partial charge in [-0.15, -0.1) is 11.3 Å². The van der Waals surface area contributed by atoms with Crippen molar-refractivity contribution in [3.8, 4) is 21.6 Å². The molecule has 2 nitrogen and oxygen atoms in total. The first kappa shape index (κ1) is 19.6. The zero-order chi connectivity index (χ0) is 21.2. The number of hydrogen-bond donors (Lipinski definition) is 1. The third-order valence-electron chi connectivity index (χ3n) is 5.17. The van der Waals surface area contributed by atoms with Crippen LogP contribution in [0.25, 0.3) is 31.7 Å². The van der Waals surface area contributed by atoms with E-state index in [1.54, 1.807) is 35.6 Å². The molecule has 1 aromatic heterocycles. The highest BCUT2D eigenvalue weighted by Gasteiger charge is 2.14. The van der Waals surface area contributed by atoms with Crippen LogP contribution >= 0.6 is 22.9 Å². The van der Waals surface area contributed by atoms with Crippen molar-refractivity contribution < 1.29 is 4.79 Å². The summed E-state index contributed by atoms with van der Waals surface area (Å²) >= 11 is 7.70. The van der Waals surface area contributed by atoms with E-state index in [0.717, 1.165) is 27.3 Å². The summed E-state index contributed by atoms with van der Waals surface area (Å²) in [5.41, 5.74) is 4.51. The Kier molecular flexibility index (Phi) is 5.29. The Morgan fingerprint density at radius 3 is 2.26 bits per heavy atom. The van der Waals surface area contributed by atoms with Crippen LogP contribution in [0.5, 0.6) is 0 Å². The highest BCUT2D eigenvalue weighted by molar-refractivity contribution is 7.22. The second kappa shape index (κ2) is 8.38. The van der Waals surface area contributed by atoms with E-state index in [1.165, 1.54) is 10.1 Å². The Morgan fingerprint density at radius 2 is 1.48 bits per heavy atom. The smallest absolute Gasteiger partial charge is 0.255 e. The van der Waals surface area contributed by atoms with Crippen molar-refractivity contribution in [1.29, 1.82) is 0 Å². The number of nitrogens with one attached hydrogen (secondary N) is 1. The Labute approximate surface area is 189 Å². The molecule has 0 spiro atoms. The molecule has 0 aliphatic rings. The third-order valence-corrected chi connectivity index (χ3v) is 6.57. The number of fused-ring (bicyclic) bond motifs is 1. The van der Waals surface area contributed by atoms with Crippen molar-refractivity contribution in [3.63, 3.8) is 0 Å². The quantitative estimate of drug-likeness (QED) is 0.301. The zero-order valence-corrected chi connectivity index (χ0v) is 18.1. The average molecular weight is 440 g/mol. The summed E-state index contributed by atoms with van der Waals surface area (Å²) in [6, 6.07) is 33.8. The van der Waals surface area contributed by atoms with E-state index in [0.29, 0.717) is 10.6 Å². The Balaban J connectivity index is 1.59. The molecule has 4 heteroatoms. The maximum absolute atomic E-state index is 13.0. The number of benzene rings is 4. The number of amides is 1. The lowest BCUT2D eigenvalue weighted by molar-refractivity contribution is 0.102. The molecule has 0 bridgehead atoms. The van der Waals surface area contributed by atoms with Crippen LogP contribution in [0.1, 0.15) is 10.4 Å². The van der Waals surface area contributed by atoms with Gasteiger partial charge in [0, 0.05) is 25.7 Å². The van der Waals surface area contributed by atoms with Crippen LogP contribution in [-0.4, -0.2) is 5.91 Å². The lowest BCUT2D eigenvalue weighted by Gasteiger charge is -2.13. The molecule has 0 unspecified atom stereocenters. The number of hydrogen-bond acceptors (Lipinski definition) is 2. The predicted molar refractivity (Wildman–Crippen MR) is 132 cm³/mol. The lowest BCUT2D eigenvalue weighted by Crippen LogP contribution is -2.12. The maximum Gasteiger partial charge on any atom is 0.255 e. The largest absolute Gasteiger partial charge is 0.321 e. The van der Waals surface area contributed by atoms with E-state index in [4.69, 9.17) is 11.6 Å². The van der Waals surface area contributed by atoms with Gasteiger partial charge in [-0.2, -0.15) is 0 Å². The minimum absolute atomic E-state index is 0.163. The van der Waals surface area contributed by atoms with E-state index in [2.05, 4.69) is 47.8 Å². The normalized spacial score (nSPS) is 10.9. The minimum atomic E-state index is -0.163. The van der Waals surface area contributed by atoms with Gasteiger partial charge in [0.1, 0.15) is 0 Å². The molecular weight excluding hydrogens is 422 g/mol. The number of halogens is 1. The molecule has 150 valence electrons. The summed E-state index contributed by atoms with van der Waals surface area (Å²) in [6.45, 7) is 0. The van der Waals surface area contributed by atoms with Gasteiger partial charge in [0.2, 0.25) is 0 Å². The van der Waals surface area contributed by atoms with Gasteiger partial charge in [-0.3, -0.25) is 4.79 Å². The van der Waals surface area contributed by atoms with Crippen molar-refractivity contribution in [2.75, 3.05) is 5.32 Å². The van der Waals surface area contributed by atoms with Gasteiger partial charge in [-0.25, -0.2) is 0 Å². The monoisotopic (exact) mass is 439 g/mol. The summed E-state index contributed by atoms with van der Waals surface area (Å²) in [4.78, 5) is 14.1. The predicted octanol–water partition coefficient (Wildman–Crippen LogP) is 8.14. The summed E-state index contributed by atoms with van der Waals surface area (Å²) in [5, 5.41) is 4.93. The minimum Gasteiger partial charge on any atom is -0.321 e. The van der Waals surface area contributed by atoms with E-state index in [-0.39, 0.29) is 5.91 Å². The van der Waals surface area contributed by atoms with E-state index >= 15 is 0 Å². The van der Waals surface area contributed by atoms with Crippen LogP contribution in [0.4, 0.5) is 5.69 Å². The number of carbonyl (C=O) groups excluding carboxylic acids is 1. The molecule has 4 aromatic carbocycles. The summed E-state index contributed by atoms with van der Waals surface area (Å²) in [7, 11) is 0. The first-order valence-electron chi connectivity index (χ1n) is 9.93. The molecule has 0 fully saturated rings. The molecule has 1 heterocycles. The maximum atomic E-state index is 13.0. The van der Waals surface area contributed by atoms with Crippen molar-refractivity contribution in [2.24, 2.45) is 0 Å². The van der Waals surface area contributed by atoms with Crippen molar-refractivity contribution in [2.45, 2.75) is 0 Å². The Hall–Kier alpha value is -3.40. The number of thiophene rings is 1. The zero-order valence-electron chi connectivity index (χ0n) is 16.5. The molecular formula is C27H18ClNOS. The van der Waals surface area contributed by atoms with Gasteiger partial charge in [0.05, 0.1) is 5.69 Å². The van der Waals surface area contributed by atoms with E-state index < -0.39 is 0 Å². The number of anilines is 1. The highest BCUT2D eigenvalue weighted by Crippen LogP contribution is 2.39. The molecule has 5 rings (SSSR count). The SMILES string of the molecule is O=C(Nc1cc(-c2ccccc2)ccc1-c1cc2ccccc2s1)c1ccc(Cl)cc1. The van der Waals surface area contributed by atoms with Gasteiger partial charge >= 0.3 is 0 Å². The molecule has 0 aliphatic carbocycles. The number of carbonyl (C=O) groups is 1. The van der Waals surface area contributed by atoms with Crippen LogP contribution in [0.2, 0.25) is 5.02 Å². The molecule has 0 saturated carbocycles. The second-order valence-electron chi connectivity index (χ2n) is 7.24. The second-order valence-corrected chi connectivity index (χ2v) is 8.76. The van der Waals surface area contributed by atoms with Crippen LogP contribution < -0.4 is 5.32 Å². The molecule has 0 radical (unpaired) electrons. The van der Waals surface area contributed by atoms with Crippen molar-refractivity contribution in [1.82, 2.24) is 0 Å². The molecule has 0 aliphatic heterocycles. The van der Waals surface area contributed by atoms with Gasteiger partial charge in [-0.1, -0.05) is 72.3 Å². The number of rotatable bonds is 4. The summed E-state index contributed by atoms with van der Waals surface area (Å²) < 4.78 is 1.22. The fourth-order valence-corrected chi connectivity index (χ4v) is 4.81. The van der Waals surface area contributed by atoms with Crippen LogP contribution in [-0.2, 0) is 0 Å². The van der Waals surface area contributed by atoms with Crippen LogP contribution in [0, 0.1) is 0 Å². The van der Waals surface area contributed by atoms with Crippen molar-refractivity contribution >= 4 is 44.6 Å². The molecule has 5 aromatic rings. The fourth-order valence-electron chi connectivity index (χ4n) is 3.58. The van der Waals surface area contributed by atoms with Crippen LogP contribution in [0.3, 0.4) is 0 Å². The first-order chi connectivity index (χ1) is 15.2. The van der Waals surface area contributed by atoms with Crippen LogP contribution in [0.15, 0.2) is 103 Å². The van der Waals surface area contributed by atoms with Gasteiger partial charge in [0.15, 0.2) is 0 Å². The molecule has 0 saturated heterocycles. The van der Waals surface area contributed by atoms with Crippen molar-refractivity contribution in [3.05, 3.63) is 114 Å². The molecule has 0 atom stereocenters. The third kappa shape index (κ3) is 4.11. The van der Waals surface area contributed by atoms with Gasteiger partial charge < -0.3 is 5.32 Å².